The topological polar surface area (TPSA) is 62.9 Å². The Hall–Kier alpha value is -0.830. The SMILES string of the molecule is CCOCC1CCN(C(=NC)NCc2cc(C(CC)CC)no2)C1.I. The predicted molar refractivity (Wildman–Crippen MR) is 112 cm³/mol. The monoisotopic (exact) mass is 464 g/mol. The molecule has 2 rings (SSSR count). The van der Waals surface area contributed by atoms with Crippen molar-refractivity contribution in [2.45, 2.75) is 52.5 Å². The maximum absolute atomic E-state index is 5.54. The molecular weight excluding hydrogens is 431 g/mol. The second-order valence-electron chi connectivity index (χ2n) is 6.39. The number of rotatable bonds is 8. The molecule has 1 aliphatic heterocycles. The van der Waals surface area contributed by atoms with Crippen LogP contribution in [0, 0.1) is 5.92 Å². The van der Waals surface area contributed by atoms with E-state index in [-0.39, 0.29) is 24.0 Å². The average Bonchev–Trinajstić information content (AvgIpc) is 3.25. The molecule has 7 heteroatoms. The molecule has 0 radical (unpaired) electrons. The number of halogens is 1. The third-order valence-electron chi connectivity index (χ3n) is 4.76. The normalized spacial score (nSPS) is 17.9. The van der Waals surface area contributed by atoms with Gasteiger partial charge in [0.25, 0.3) is 0 Å². The highest BCUT2D eigenvalue weighted by molar-refractivity contribution is 14.0. The first kappa shape index (κ1) is 22.2. The third-order valence-corrected chi connectivity index (χ3v) is 4.76. The number of nitrogens with zero attached hydrogens (tertiary/aromatic N) is 3. The van der Waals surface area contributed by atoms with Crippen molar-refractivity contribution < 1.29 is 9.26 Å². The van der Waals surface area contributed by atoms with Crippen molar-refractivity contribution in [1.29, 1.82) is 0 Å². The number of likely N-dealkylation sites (tertiary alicyclic amines) is 1. The number of aliphatic imine (C=N–C) groups is 1. The van der Waals surface area contributed by atoms with Crippen molar-refractivity contribution in [2.24, 2.45) is 10.9 Å². The van der Waals surface area contributed by atoms with Crippen LogP contribution >= 0.6 is 24.0 Å². The largest absolute Gasteiger partial charge is 0.381 e. The van der Waals surface area contributed by atoms with Crippen molar-refractivity contribution in [3.05, 3.63) is 17.5 Å². The molecule has 0 spiro atoms. The molecule has 1 aliphatic rings. The predicted octanol–water partition coefficient (Wildman–Crippen LogP) is 3.63. The van der Waals surface area contributed by atoms with Crippen molar-refractivity contribution in [3.63, 3.8) is 0 Å². The highest BCUT2D eigenvalue weighted by atomic mass is 127. The lowest BCUT2D eigenvalue weighted by molar-refractivity contribution is 0.114. The Bertz CT molecular complexity index is 517. The van der Waals surface area contributed by atoms with E-state index in [1.54, 1.807) is 0 Å². The molecule has 1 unspecified atom stereocenters. The standard InChI is InChI=1S/C18H32N4O2.HI/c1-5-15(6-2)17-10-16(24-21-17)11-20-18(19-4)22-9-8-14(12-22)13-23-7-3;/h10,14-15H,5-9,11-13H2,1-4H3,(H,19,20);1H. The highest BCUT2D eigenvalue weighted by Gasteiger charge is 2.25. The fraction of sp³-hybridized carbons (Fsp3) is 0.778. The molecule has 1 fully saturated rings. The van der Waals surface area contributed by atoms with Gasteiger partial charge in [-0.25, -0.2) is 0 Å². The maximum Gasteiger partial charge on any atom is 0.194 e. The van der Waals surface area contributed by atoms with Crippen LogP contribution in [0.1, 0.15) is 57.4 Å². The van der Waals surface area contributed by atoms with Gasteiger partial charge in [0.1, 0.15) is 0 Å². The van der Waals surface area contributed by atoms with Crippen LogP contribution in [-0.4, -0.2) is 49.4 Å². The Morgan fingerprint density at radius 3 is 2.84 bits per heavy atom. The van der Waals surface area contributed by atoms with Gasteiger partial charge >= 0.3 is 0 Å². The number of ether oxygens (including phenoxy) is 1. The Kier molecular flexibility index (Phi) is 10.4. The molecule has 0 saturated carbocycles. The van der Waals surface area contributed by atoms with Gasteiger partial charge in [0, 0.05) is 44.6 Å². The minimum Gasteiger partial charge on any atom is -0.381 e. The van der Waals surface area contributed by atoms with Crippen LogP contribution in [-0.2, 0) is 11.3 Å². The van der Waals surface area contributed by atoms with E-state index in [4.69, 9.17) is 9.26 Å². The summed E-state index contributed by atoms with van der Waals surface area (Å²) in [7, 11) is 1.83. The molecule has 144 valence electrons. The van der Waals surface area contributed by atoms with E-state index in [1.165, 1.54) is 0 Å². The summed E-state index contributed by atoms with van der Waals surface area (Å²) in [5.74, 6) is 2.87. The van der Waals surface area contributed by atoms with Crippen LogP contribution in [0.2, 0.25) is 0 Å². The summed E-state index contributed by atoms with van der Waals surface area (Å²) in [6.45, 7) is 10.7. The van der Waals surface area contributed by atoms with E-state index in [2.05, 4.69) is 40.3 Å². The van der Waals surface area contributed by atoms with Crippen LogP contribution < -0.4 is 5.32 Å². The van der Waals surface area contributed by atoms with E-state index in [1.807, 2.05) is 14.0 Å². The first-order valence-corrected chi connectivity index (χ1v) is 9.20. The molecule has 1 N–H and O–H groups in total. The summed E-state index contributed by atoms with van der Waals surface area (Å²) in [6, 6.07) is 2.07. The summed E-state index contributed by atoms with van der Waals surface area (Å²) >= 11 is 0. The molecule has 1 saturated heterocycles. The van der Waals surface area contributed by atoms with Crippen molar-refractivity contribution >= 4 is 29.9 Å². The third kappa shape index (κ3) is 6.44. The molecule has 25 heavy (non-hydrogen) atoms. The lowest BCUT2D eigenvalue weighted by Crippen LogP contribution is -2.39. The van der Waals surface area contributed by atoms with Gasteiger partial charge in [0.15, 0.2) is 11.7 Å². The van der Waals surface area contributed by atoms with Gasteiger partial charge in [-0.1, -0.05) is 19.0 Å². The van der Waals surface area contributed by atoms with Gasteiger partial charge < -0.3 is 19.5 Å². The van der Waals surface area contributed by atoms with Crippen LogP contribution in [0.15, 0.2) is 15.6 Å². The van der Waals surface area contributed by atoms with E-state index < -0.39 is 0 Å². The summed E-state index contributed by atoms with van der Waals surface area (Å²) in [5, 5.41) is 7.61. The van der Waals surface area contributed by atoms with Crippen LogP contribution in [0.3, 0.4) is 0 Å². The molecule has 6 nitrogen and oxygen atoms in total. The number of hydrogen-bond acceptors (Lipinski definition) is 4. The summed E-state index contributed by atoms with van der Waals surface area (Å²) < 4.78 is 11.0. The van der Waals surface area contributed by atoms with E-state index >= 15 is 0 Å². The average molecular weight is 464 g/mol. The lowest BCUT2D eigenvalue weighted by Gasteiger charge is -2.21. The van der Waals surface area contributed by atoms with Gasteiger partial charge in [-0.15, -0.1) is 24.0 Å². The number of nitrogens with one attached hydrogen (secondary N) is 1. The molecule has 1 aromatic heterocycles. The second kappa shape index (κ2) is 11.7. The summed E-state index contributed by atoms with van der Waals surface area (Å²) in [6.07, 6.45) is 3.33. The first-order chi connectivity index (χ1) is 11.7. The highest BCUT2D eigenvalue weighted by Crippen LogP contribution is 2.22. The molecular formula is C18H33IN4O2. The van der Waals surface area contributed by atoms with Crippen LogP contribution in [0.4, 0.5) is 0 Å². The minimum absolute atomic E-state index is 0. The minimum atomic E-state index is 0. The molecule has 1 atom stereocenters. The fourth-order valence-corrected chi connectivity index (χ4v) is 3.26. The zero-order valence-electron chi connectivity index (χ0n) is 16.0. The number of hydrogen-bond donors (Lipinski definition) is 1. The van der Waals surface area contributed by atoms with Gasteiger partial charge in [0.05, 0.1) is 18.8 Å². The smallest absolute Gasteiger partial charge is 0.194 e. The Labute approximate surface area is 168 Å². The van der Waals surface area contributed by atoms with E-state index in [0.29, 0.717) is 18.4 Å². The maximum atomic E-state index is 5.54. The number of guanidine groups is 1. The fourth-order valence-electron chi connectivity index (χ4n) is 3.26. The van der Waals surface area contributed by atoms with Crippen molar-refractivity contribution in [2.75, 3.05) is 33.4 Å². The van der Waals surface area contributed by atoms with E-state index in [9.17, 15) is 0 Å². The van der Waals surface area contributed by atoms with Crippen LogP contribution in [0.25, 0.3) is 0 Å². The van der Waals surface area contributed by atoms with Crippen LogP contribution in [0.5, 0.6) is 0 Å². The zero-order valence-corrected chi connectivity index (χ0v) is 18.3. The Morgan fingerprint density at radius 1 is 1.44 bits per heavy atom. The number of aromatic nitrogens is 1. The van der Waals surface area contributed by atoms with Crippen molar-refractivity contribution in [3.8, 4) is 0 Å². The quantitative estimate of drug-likeness (QED) is 0.362. The first-order valence-electron chi connectivity index (χ1n) is 9.20. The molecule has 0 amide bonds. The summed E-state index contributed by atoms with van der Waals surface area (Å²) in [4.78, 5) is 6.70. The van der Waals surface area contributed by atoms with Gasteiger partial charge in [-0.3, -0.25) is 4.99 Å². The Morgan fingerprint density at radius 2 is 2.20 bits per heavy atom. The van der Waals surface area contributed by atoms with E-state index in [0.717, 1.165) is 63.0 Å². The van der Waals surface area contributed by atoms with Gasteiger partial charge in [-0.2, -0.15) is 0 Å². The zero-order chi connectivity index (χ0) is 17.4. The van der Waals surface area contributed by atoms with Gasteiger partial charge in [-0.05, 0) is 26.2 Å². The Balaban J connectivity index is 0.00000312. The summed E-state index contributed by atoms with van der Waals surface area (Å²) in [5.41, 5.74) is 1.06. The molecule has 0 bridgehead atoms. The lowest BCUT2D eigenvalue weighted by atomic mass is 9.99. The molecule has 2 heterocycles. The molecule has 0 aromatic carbocycles. The molecule has 0 aliphatic carbocycles. The van der Waals surface area contributed by atoms with Gasteiger partial charge in [0.2, 0.25) is 0 Å². The second-order valence-corrected chi connectivity index (χ2v) is 6.39. The van der Waals surface area contributed by atoms with Crippen molar-refractivity contribution in [1.82, 2.24) is 15.4 Å². The molecule has 1 aromatic rings.